The first-order valence-electron chi connectivity index (χ1n) is 5.88. The molecule has 8 heteroatoms. The van der Waals surface area contributed by atoms with Crippen LogP contribution in [0.25, 0.3) is 11.0 Å². The number of carbonyl (C=O) groups is 1. The van der Waals surface area contributed by atoms with Crippen LogP contribution in [0.1, 0.15) is 15.4 Å². The lowest BCUT2D eigenvalue weighted by atomic mass is 10.2. The molecular weight excluding hydrogens is 358 g/mol. The molecular formula is C13H8BrN3O3S. The summed E-state index contributed by atoms with van der Waals surface area (Å²) >= 11 is 4.56. The number of anilines is 1. The van der Waals surface area contributed by atoms with Crippen molar-refractivity contribution in [1.29, 1.82) is 0 Å². The number of nitrogens with zero attached hydrogens (tertiary/aromatic N) is 2. The van der Waals surface area contributed by atoms with E-state index in [1.165, 1.54) is 17.4 Å². The second-order valence-electron chi connectivity index (χ2n) is 4.21. The molecule has 21 heavy (non-hydrogen) atoms. The first-order valence-corrected chi connectivity index (χ1v) is 7.49. The smallest absolute Gasteiger partial charge is 0.349 e. The average molecular weight is 366 g/mol. The quantitative estimate of drug-likeness (QED) is 0.705. The van der Waals surface area contributed by atoms with Crippen molar-refractivity contribution in [2.45, 2.75) is 6.92 Å². The minimum Gasteiger partial charge on any atom is -0.422 e. The van der Waals surface area contributed by atoms with Gasteiger partial charge in [-0.15, -0.1) is 10.2 Å². The van der Waals surface area contributed by atoms with E-state index >= 15 is 0 Å². The van der Waals surface area contributed by atoms with E-state index in [4.69, 9.17) is 4.42 Å². The summed E-state index contributed by atoms with van der Waals surface area (Å²) < 4.78 is 5.97. The number of halogens is 1. The highest BCUT2D eigenvalue weighted by Crippen LogP contribution is 2.20. The van der Waals surface area contributed by atoms with Crippen molar-refractivity contribution in [1.82, 2.24) is 10.2 Å². The maximum Gasteiger partial charge on any atom is 0.349 e. The van der Waals surface area contributed by atoms with Gasteiger partial charge in [0, 0.05) is 9.86 Å². The standard InChI is InChI=1S/C13H8BrN3O3S/c1-6-16-17-13(21-6)15-11(18)9-5-7-4-8(14)2-3-10(7)20-12(9)19/h2-5H,1H3,(H,15,17,18). The van der Waals surface area contributed by atoms with Gasteiger partial charge < -0.3 is 4.42 Å². The third-order valence-electron chi connectivity index (χ3n) is 2.69. The molecule has 0 fully saturated rings. The minimum absolute atomic E-state index is 0.0755. The van der Waals surface area contributed by atoms with E-state index in [1.807, 2.05) is 0 Å². The summed E-state index contributed by atoms with van der Waals surface area (Å²) in [7, 11) is 0. The van der Waals surface area contributed by atoms with Gasteiger partial charge in [0.2, 0.25) is 5.13 Å². The highest BCUT2D eigenvalue weighted by atomic mass is 79.9. The van der Waals surface area contributed by atoms with Crippen molar-refractivity contribution in [3.05, 3.63) is 49.7 Å². The van der Waals surface area contributed by atoms with Gasteiger partial charge in [0.1, 0.15) is 16.2 Å². The molecule has 0 radical (unpaired) electrons. The van der Waals surface area contributed by atoms with E-state index < -0.39 is 11.5 Å². The summed E-state index contributed by atoms with van der Waals surface area (Å²) in [6.07, 6.45) is 0. The molecule has 0 spiro atoms. The monoisotopic (exact) mass is 365 g/mol. The molecule has 2 aromatic heterocycles. The largest absolute Gasteiger partial charge is 0.422 e. The lowest BCUT2D eigenvalue weighted by molar-refractivity contribution is 0.102. The average Bonchev–Trinajstić information content (AvgIpc) is 2.83. The molecule has 1 amide bonds. The molecule has 0 saturated carbocycles. The van der Waals surface area contributed by atoms with E-state index in [1.54, 1.807) is 25.1 Å². The van der Waals surface area contributed by atoms with Crippen molar-refractivity contribution in [3.63, 3.8) is 0 Å². The number of fused-ring (bicyclic) bond motifs is 1. The van der Waals surface area contributed by atoms with Gasteiger partial charge in [-0.25, -0.2) is 4.79 Å². The van der Waals surface area contributed by atoms with Crippen LogP contribution in [0.4, 0.5) is 5.13 Å². The number of amides is 1. The van der Waals surface area contributed by atoms with Gasteiger partial charge in [0.05, 0.1) is 0 Å². The van der Waals surface area contributed by atoms with E-state index in [0.29, 0.717) is 16.1 Å². The first-order chi connectivity index (χ1) is 10.0. The zero-order chi connectivity index (χ0) is 15.0. The molecule has 3 aromatic rings. The molecule has 0 saturated heterocycles. The molecule has 2 heterocycles. The molecule has 106 valence electrons. The fourth-order valence-corrected chi connectivity index (χ4v) is 2.73. The summed E-state index contributed by atoms with van der Waals surface area (Å²) in [5.74, 6) is -0.568. The van der Waals surface area contributed by atoms with Gasteiger partial charge >= 0.3 is 5.63 Å². The number of aryl methyl sites for hydroxylation is 1. The van der Waals surface area contributed by atoms with Crippen LogP contribution in [0.15, 0.2) is 37.9 Å². The van der Waals surface area contributed by atoms with Crippen LogP contribution < -0.4 is 10.9 Å². The molecule has 0 aliphatic carbocycles. The molecule has 0 bridgehead atoms. The summed E-state index contributed by atoms with van der Waals surface area (Å²) in [6.45, 7) is 1.77. The summed E-state index contributed by atoms with van der Waals surface area (Å²) in [4.78, 5) is 24.0. The number of benzene rings is 1. The van der Waals surface area contributed by atoms with E-state index in [2.05, 4.69) is 31.4 Å². The first kappa shape index (κ1) is 13.9. The van der Waals surface area contributed by atoms with Crippen LogP contribution in [0.5, 0.6) is 0 Å². The summed E-state index contributed by atoms with van der Waals surface area (Å²) in [5, 5.41) is 11.8. The van der Waals surface area contributed by atoms with Crippen LogP contribution in [0.2, 0.25) is 0 Å². The van der Waals surface area contributed by atoms with E-state index in [-0.39, 0.29) is 5.56 Å². The minimum atomic E-state index is -0.691. The van der Waals surface area contributed by atoms with Gasteiger partial charge in [-0.3, -0.25) is 10.1 Å². The highest BCUT2D eigenvalue weighted by molar-refractivity contribution is 9.10. The van der Waals surface area contributed by atoms with E-state index in [9.17, 15) is 9.59 Å². The number of hydrogen-bond donors (Lipinski definition) is 1. The number of hydrogen-bond acceptors (Lipinski definition) is 6. The van der Waals surface area contributed by atoms with Crippen molar-refractivity contribution < 1.29 is 9.21 Å². The van der Waals surface area contributed by atoms with E-state index in [0.717, 1.165) is 9.48 Å². The van der Waals surface area contributed by atoms with Crippen molar-refractivity contribution >= 4 is 49.3 Å². The summed E-state index contributed by atoms with van der Waals surface area (Å²) in [5.41, 5.74) is -0.344. The Morgan fingerprint density at radius 3 is 2.86 bits per heavy atom. The third kappa shape index (κ3) is 2.86. The third-order valence-corrected chi connectivity index (χ3v) is 3.93. The second-order valence-corrected chi connectivity index (χ2v) is 6.31. The predicted octanol–water partition coefficient (Wildman–Crippen LogP) is 2.97. The molecule has 6 nitrogen and oxygen atoms in total. The normalized spacial score (nSPS) is 10.8. The van der Waals surface area contributed by atoms with Crippen LogP contribution in [-0.4, -0.2) is 16.1 Å². The molecule has 0 aliphatic heterocycles. The molecule has 0 unspecified atom stereocenters. The predicted molar refractivity (Wildman–Crippen MR) is 82.8 cm³/mol. The van der Waals surface area contributed by atoms with Crippen molar-refractivity contribution in [2.24, 2.45) is 0 Å². The fraction of sp³-hybridized carbons (Fsp3) is 0.0769. The van der Waals surface area contributed by atoms with Crippen molar-refractivity contribution in [2.75, 3.05) is 5.32 Å². The summed E-state index contributed by atoms with van der Waals surface area (Å²) in [6, 6.07) is 6.69. The van der Waals surface area contributed by atoms with Gasteiger partial charge in [0.15, 0.2) is 0 Å². The maximum absolute atomic E-state index is 12.1. The van der Waals surface area contributed by atoms with Crippen LogP contribution >= 0.6 is 27.3 Å². The van der Waals surface area contributed by atoms with Gasteiger partial charge in [-0.1, -0.05) is 27.3 Å². The number of aromatic nitrogens is 2. The molecule has 0 atom stereocenters. The van der Waals surface area contributed by atoms with Gasteiger partial charge in [-0.05, 0) is 31.2 Å². The Kier molecular flexibility index (Phi) is 3.56. The number of carbonyl (C=O) groups excluding carboxylic acids is 1. The van der Waals surface area contributed by atoms with Gasteiger partial charge in [-0.2, -0.15) is 0 Å². The number of rotatable bonds is 2. The topological polar surface area (TPSA) is 85.1 Å². The SMILES string of the molecule is Cc1nnc(NC(=O)c2cc3cc(Br)ccc3oc2=O)s1. The lowest BCUT2D eigenvalue weighted by Gasteiger charge is -2.02. The highest BCUT2D eigenvalue weighted by Gasteiger charge is 2.15. The molecule has 1 aromatic carbocycles. The zero-order valence-electron chi connectivity index (χ0n) is 10.7. The number of nitrogens with one attached hydrogen (secondary N) is 1. The Hall–Kier alpha value is -2.06. The Labute approximate surface area is 130 Å². The Morgan fingerprint density at radius 2 is 2.14 bits per heavy atom. The zero-order valence-corrected chi connectivity index (χ0v) is 13.1. The maximum atomic E-state index is 12.1. The van der Waals surface area contributed by atoms with Crippen molar-refractivity contribution in [3.8, 4) is 0 Å². The van der Waals surface area contributed by atoms with Crippen LogP contribution in [0.3, 0.4) is 0 Å². The van der Waals surface area contributed by atoms with Gasteiger partial charge in [0.25, 0.3) is 5.91 Å². The Balaban J connectivity index is 2.00. The molecule has 0 aliphatic rings. The van der Waals surface area contributed by atoms with Crippen LogP contribution in [-0.2, 0) is 0 Å². The van der Waals surface area contributed by atoms with Crippen LogP contribution in [0, 0.1) is 6.92 Å². The lowest BCUT2D eigenvalue weighted by Crippen LogP contribution is -2.20. The Morgan fingerprint density at radius 1 is 1.33 bits per heavy atom. The fourth-order valence-electron chi connectivity index (χ4n) is 1.76. The second kappa shape index (κ2) is 5.38. The molecule has 3 rings (SSSR count). The molecule has 1 N–H and O–H groups in total. The Bertz CT molecular complexity index is 903.